The molecule has 1 N–H and O–H groups in total. The number of rotatable bonds is 4. The van der Waals surface area contributed by atoms with E-state index in [1.54, 1.807) is 0 Å². The lowest BCUT2D eigenvalue weighted by Gasteiger charge is -2.21. The van der Waals surface area contributed by atoms with Crippen LogP contribution in [-0.4, -0.2) is 7.05 Å². The molecule has 0 saturated carbocycles. The maximum Gasteiger partial charge on any atom is 0.0360 e. The highest BCUT2D eigenvalue weighted by Gasteiger charge is 2.13. The van der Waals surface area contributed by atoms with Gasteiger partial charge in [0, 0.05) is 6.04 Å². The van der Waals surface area contributed by atoms with Crippen molar-refractivity contribution in [2.75, 3.05) is 7.05 Å². The fourth-order valence-electron chi connectivity index (χ4n) is 2.07. The third-order valence-corrected chi connectivity index (χ3v) is 2.79. The predicted octanol–water partition coefficient (Wildman–Crippen LogP) is 3.53. The molecular formula is C14H21N. The van der Waals surface area contributed by atoms with Crippen LogP contribution >= 0.6 is 0 Å². The van der Waals surface area contributed by atoms with E-state index in [0.29, 0.717) is 6.04 Å². The van der Waals surface area contributed by atoms with E-state index in [2.05, 4.69) is 50.9 Å². The van der Waals surface area contributed by atoms with Crippen molar-refractivity contribution in [3.8, 4) is 0 Å². The van der Waals surface area contributed by atoms with E-state index < -0.39 is 0 Å². The first-order valence-corrected chi connectivity index (χ1v) is 5.44. The van der Waals surface area contributed by atoms with E-state index in [4.69, 9.17) is 0 Å². The van der Waals surface area contributed by atoms with Crippen molar-refractivity contribution in [1.29, 1.82) is 0 Å². The van der Waals surface area contributed by atoms with Crippen molar-refractivity contribution in [3.63, 3.8) is 0 Å². The molecule has 1 unspecified atom stereocenters. The second-order valence-corrected chi connectivity index (χ2v) is 4.31. The first kappa shape index (κ1) is 12.0. The molecule has 15 heavy (non-hydrogen) atoms. The Morgan fingerprint density at radius 2 is 1.87 bits per heavy atom. The van der Waals surface area contributed by atoms with Gasteiger partial charge in [-0.25, -0.2) is 0 Å². The average Bonchev–Trinajstić information content (AvgIpc) is 2.15. The van der Waals surface area contributed by atoms with Gasteiger partial charge in [0.15, 0.2) is 0 Å². The van der Waals surface area contributed by atoms with Gasteiger partial charge >= 0.3 is 0 Å². The summed E-state index contributed by atoms with van der Waals surface area (Å²) in [6.45, 7) is 10.4. The lowest BCUT2D eigenvalue weighted by atomic mass is 9.92. The highest BCUT2D eigenvalue weighted by atomic mass is 14.9. The van der Waals surface area contributed by atoms with Gasteiger partial charge in [-0.3, -0.25) is 0 Å². The van der Waals surface area contributed by atoms with Gasteiger partial charge in [-0.1, -0.05) is 23.8 Å². The van der Waals surface area contributed by atoms with Crippen LogP contribution < -0.4 is 5.32 Å². The van der Waals surface area contributed by atoms with Crippen molar-refractivity contribution in [2.24, 2.45) is 0 Å². The predicted molar refractivity (Wildman–Crippen MR) is 67.1 cm³/mol. The van der Waals surface area contributed by atoms with E-state index in [0.717, 1.165) is 6.42 Å². The maximum atomic E-state index is 3.99. The van der Waals surface area contributed by atoms with Gasteiger partial charge in [-0.05, 0) is 50.9 Å². The van der Waals surface area contributed by atoms with Crippen LogP contribution in [0.3, 0.4) is 0 Å². The van der Waals surface area contributed by atoms with Crippen LogP contribution in [0.1, 0.15) is 36.1 Å². The van der Waals surface area contributed by atoms with Crippen molar-refractivity contribution in [2.45, 2.75) is 33.2 Å². The van der Waals surface area contributed by atoms with Gasteiger partial charge < -0.3 is 5.32 Å². The van der Waals surface area contributed by atoms with Gasteiger partial charge in [-0.15, -0.1) is 6.58 Å². The number of hydrogen-bond acceptors (Lipinski definition) is 1. The van der Waals surface area contributed by atoms with Crippen LogP contribution in [0.5, 0.6) is 0 Å². The van der Waals surface area contributed by atoms with Crippen LogP contribution in [0, 0.1) is 13.8 Å². The summed E-state index contributed by atoms with van der Waals surface area (Å²) in [5.74, 6) is 0. The van der Waals surface area contributed by atoms with Gasteiger partial charge in [0.25, 0.3) is 0 Å². The van der Waals surface area contributed by atoms with E-state index in [-0.39, 0.29) is 0 Å². The van der Waals surface area contributed by atoms with Crippen LogP contribution in [-0.2, 0) is 0 Å². The van der Waals surface area contributed by atoms with Crippen molar-refractivity contribution in [3.05, 3.63) is 47.0 Å². The monoisotopic (exact) mass is 203 g/mol. The zero-order valence-electron chi connectivity index (χ0n) is 10.2. The minimum atomic E-state index is 0.392. The molecule has 0 aliphatic heterocycles. The number of hydrogen-bond donors (Lipinski definition) is 1. The molecule has 0 aliphatic rings. The third-order valence-electron chi connectivity index (χ3n) is 2.79. The molecule has 0 spiro atoms. The van der Waals surface area contributed by atoms with Crippen LogP contribution in [0.4, 0.5) is 0 Å². The molecule has 1 atom stereocenters. The summed E-state index contributed by atoms with van der Waals surface area (Å²) in [7, 11) is 2.01. The Hall–Kier alpha value is -1.08. The van der Waals surface area contributed by atoms with Gasteiger partial charge in [0.2, 0.25) is 0 Å². The van der Waals surface area contributed by atoms with Crippen LogP contribution in [0.2, 0.25) is 0 Å². The standard InChI is InChI=1S/C14H21N/c1-10(2)9-13(15-5)14-11(3)7-6-8-12(14)4/h6-8,13,15H,1,9H2,2-5H3. The van der Waals surface area contributed by atoms with Gasteiger partial charge in [0.05, 0.1) is 0 Å². The molecule has 0 fully saturated rings. The quantitative estimate of drug-likeness (QED) is 0.738. The molecule has 0 heterocycles. The SMILES string of the molecule is C=C(C)CC(NC)c1c(C)cccc1C. The summed E-state index contributed by atoms with van der Waals surface area (Å²) in [4.78, 5) is 0. The summed E-state index contributed by atoms with van der Waals surface area (Å²) in [5, 5.41) is 3.37. The van der Waals surface area contributed by atoms with Gasteiger partial charge in [-0.2, -0.15) is 0 Å². The van der Waals surface area contributed by atoms with Crippen LogP contribution in [0.25, 0.3) is 0 Å². The third kappa shape index (κ3) is 2.93. The maximum absolute atomic E-state index is 3.99. The summed E-state index contributed by atoms with van der Waals surface area (Å²) in [6.07, 6.45) is 1.00. The normalized spacial score (nSPS) is 12.5. The van der Waals surface area contributed by atoms with Crippen LogP contribution in [0.15, 0.2) is 30.4 Å². The molecule has 82 valence electrons. The molecule has 0 amide bonds. The minimum absolute atomic E-state index is 0.392. The topological polar surface area (TPSA) is 12.0 Å². The zero-order chi connectivity index (χ0) is 11.4. The first-order chi connectivity index (χ1) is 7.06. The Morgan fingerprint density at radius 3 is 2.27 bits per heavy atom. The first-order valence-electron chi connectivity index (χ1n) is 5.44. The highest BCUT2D eigenvalue weighted by molar-refractivity contribution is 5.36. The molecule has 1 nitrogen and oxygen atoms in total. The van der Waals surface area contributed by atoms with Crippen molar-refractivity contribution >= 4 is 0 Å². The van der Waals surface area contributed by atoms with E-state index in [1.807, 2.05) is 7.05 Å². The summed E-state index contributed by atoms with van der Waals surface area (Å²) in [6, 6.07) is 6.85. The average molecular weight is 203 g/mol. The Balaban J connectivity index is 3.05. The molecule has 1 heteroatoms. The fraction of sp³-hybridized carbons (Fsp3) is 0.429. The van der Waals surface area contributed by atoms with E-state index in [1.165, 1.54) is 22.3 Å². The van der Waals surface area contributed by atoms with Crippen molar-refractivity contribution in [1.82, 2.24) is 5.32 Å². The molecule has 0 radical (unpaired) electrons. The van der Waals surface area contributed by atoms with Gasteiger partial charge in [0.1, 0.15) is 0 Å². The molecule has 0 aromatic heterocycles. The number of benzene rings is 1. The Bertz CT molecular complexity index is 332. The Labute approximate surface area is 93.2 Å². The van der Waals surface area contributed by atoms with E-state index >= 15 is 0 Å². The summed E-state index contributed by atoms with van der Waals surface area (Å²) in [5.41, 5.74) is 5.35. The largest absolute Gasteiger partial charge is 0.313 e. The molecule has 0 bridgehead atoms. The molecule has 1 aromatic carbocycles. The molecule has 1 aromatic rings. The lowest BCUT2D eigenvalue weighted by molar-refractivity contribution is 0.583. The Kier molecular flexibility index (Phi) is 4.10. The summed E-state index contributed by atoms with van der Waals surface area (Å²) >= 11 is 0. The fourth-order valence-corrected chi connectivity index (χ4v) is 2.07. The second kappa shape index (κ2) is 5.13. The molecular weight excluding hydrogens is 182 g/mol. The summed E-state index contributed by atoms with van der Waals surface area (Å²) < 4.78 is 0. The zero-order valence-corrected chi connectivity index (χ0v) is 10.2. The molecule has 1 rings (SSSR count). The van der Waals surface area contributed by atoms with Crippen molar-refractivity contribution < 1.29 is 0 Å². The van der Waals surface area contributed by atoms with E-state index in [9.17, 15) is 0 Å². The lowest BCUT2D eigenvalue weighted by Crippen LogP contribution is -2.18. The Morgan fingerprint density at radius 1 is 1.33 bits per heavy atom. The molecule has 0 saturated heterocycles. The molecule has 0 aliphatic carbocycles. The minimum Gasteiger partial charge on any atom is -0.313 e. The number of aryl methyl sites for hydroxylation is 2. The second-order valence-electron chi connectivity index (χ2n) is 4.31. The highest BCUT2D eigenvalue weighted by Crippen LogP contribution is 2.26. The smallest absolute Gasteiger partial charge is 0.0360 e. The number of nitrogens with one attached hydrogen (secondary N) is 1.